The quantitative estimate of drug-likeness (QED) is 0.587. The number of rotatable bonds is 7. The van der Waals surface area contributed by atoms with E-state index in [9.17, 15) is 0 Å². The summed E-state index contributed by atoms with van der Waals surface area (Å²) < 4.78 is 0. The summed E-state index contributed by atoms with van der Waals surface area (Å²) in [4.78, 5) is 0. The Labute approximate surface area is 99.7 Å². The number of hydrogen-bond donors (Lipinski definition) is 0. The van der Waals surface area contributed by atoms with E-state index in [1.807, 2.05) is 12.2 Å². The largest absolute Gasteiger partial charge is 0.103 e. The maximum atomic E-state index is 3.79. The molecule has 0 saturated heterocycles. The number of hydrogen-bond acceptors (Lipinski definition) is 0. The molecule has 0 nitrogen and oxygen atoms in total. The molecule has 16 heavy (non-hydrogen) atoms. The van der Waals surface area contributed by atoms with Gasteiger partial charge in [-0.05, 0) is 48.8 Å². The molecule has 0 atom stereocenters. The Bertz CT molecular complexity index is 347. The van der Waals surface area contributed by atoms with Crippen LogP contribution in [0.4, 0.5) is 0 Å². The van der Waals surface area contributed by atoms with Gasteiger partial charge >= 0.3 is 0 Å². The average Bonchev–Trinajstić information content (AvgIpc) is 2.33. The molecule has 0 spiro atoms. The highest BCUT2D eigenvalue weighted by Crippen LogP contribution is 2.16. The molecule has 0 aliphatic carbocycles. The first kappa shape index (κ1) is 12.8. The lowest BCUT2D eigenvalue weighted by Gasteiger charge is -2.09. The van der Waals surface area contributed by atoms with Gasteiger partial charge < -0.3 is 0 Å². The molecule has 0 fully saturated rings. The monoisotopic (exact) mass is 214 g/mol. The summed E-state index contributed by atoms with van der Waals surface area (Å²) in [6.45, 7) is 9.78. The van der Waals surface area contributed by atoms with E-state index < -0.39 is 0 Å². The third-order valence-corrected chi connectivity index (χ3v) is 2.91. The van der Waals surface area contributed by atoms with Crippen LogP contribution in [0.5, 0.6) is 0 Å². The summed E-state index contributed by atoms with van der Waals surface area (Å²) in [5, 5.41) is 0. The minimum absolute atomic E-state index is 1.06. The molecule has 0 aliphatic rings. The first-order valence-corrected chi connectivity index (χ1v) is 6.14. The SMILES string of the molecule is C=CCCc1ccc(CC)c(CCC=C)c1. The van der Waals surface area contributed by atoms with Crippen molar-refractivity contribution in [2.24, 2.45) is 0 Å². The van der Waals surface area contributed by atoms with E-state index in [2.05, 4.69) is 38.3 Å². The highest BCUT2D eigenvalue weighted by atomic mass is 14.1. The Balaban J connectivity index is 2.82. The van der Waals surface area contributed by atoms with Gasteiger partial charge in [-0.25, -0.2) is 0 Å². The van der Waals surface area contributed by atoms with Gasteiger partial charge in [-0.2, -0.15) is 0 Å². The van der Waals surface area contributed by atoms with E-state index in [0.29, 0.717) is 0 Å². The Kier molecular flexibility index (Phi) is 5.63. The lowest BCUT2D eigenvalue weighted by molar-refractivity contribution is 0.938. The van der Waals surface area contributed by atoms with Gasteiger partial charge in [0.15, 0.2) is 0 Å². The van der Waals surface area contributed by atoms with Crippen molar-refractivity contribution in [3.63, 3.8) is 0 Å². The van der Waals surface area contributed by atoms with Crippen molar-refractivity contribution >= 4 is 0 Å². The van der Waals surface area contributed by atoms with Gasteiger partial charge in [-0.1, -0.05) is 37.3 Å². The summed E-state index contributed by atoms with van der Waals surface area (Å²) >= 11 is 0. The van der Waals surface area contributed by atoms with Gasteiger partial charge in [-0.3, -0.25) is 0 Å². The van der Waals surface area contributed by atoms with E-state index in [0.717, 1.165) is 32.1 Å². The van der Waals surface area contributed by atoms with Crippen molar-refractivity contribution in [3.05, 3.63) is 60.2 Å². The van der Waals surface area contributed by atoms with Crippen LogP contribution in [-0.4, -0.2) is 0 Å². The zero-order chi connectivity index (χ0) is 11.8. The molecule has 0 heteroatoms. The number of benzene rings is 1. The molecule has 1 rings (SSSR count). The van der Waals surface area contributed by atoms with E-state index in [1.165, 1.54) is 16.7 Å². The van der Waals surface area contributed by atoms with Crippen molar-refractivity contribution in [2.75, 3.05) is 0 Å². The van der Waals surface area contributed by atoms with Crippen molar-refractivity contribution in [3.8, 4) is 0 Å². The lowest BCUT2D eigenvalue weighted by atomic mass is 9.96. The van der Waals surface area contributed by atoms with Crippen molar-refractivity contribution < 1.29 is 0 Å². The van der Waals surface area contributed by atoms with Crippen LogP contribution in [0.1, 0.15) is 36.5 Å². The van der Waals surface area contributed by atoms with Gasteiger partial charge in [0.05, 0.1) is 0 Å². The summed E-state index contributed by atoms with van der Waals surface area (Å²) in [6, 6.07) is 6.88. The molecule has 0 amide bonds. The molecule has 0 saturated carbocycles. The normalized spacial score (nSPS) is 10.1. The van der Waals surface area contributed by atoms with E-state index in [-0.39, 0.29) is 0 Å². The molecule has 0 heterocycles. The summed E-state index contributed by atoms with van der Waals surface area (Å²) in [5.74, 6) is 0. The van der Waals surface area contributed by atoms with Crippen LogP contribution in [0.3, 0.4) is 0 Å². The van der Waals surface area contributed by atoms with Crippen LogP contribution in [0.15, 0.2) is 43.5 Å². The molecule has 0 N–H and O–H groups in total. The highest BCUT2D eigenvalue weighted by molar-refractivity contribution is 5.32. The predicted molar refractivity (Wildman–Crippen MR) is 72.9 cm³/mol. The van der Waals surface area contributed by atoms with Crippen LogP contribution in [0.2, 0.25) is 0 Å². The maximum Gasteiger partial charge on any atom is -0.0241 e. The highest BCUT2D eigenvalue weighted by Gasteiger charge is 2.01. The van der Waals surface area contributed by atoms with Crippen molar-refractivity contribution in [1.82, 2.24) is 0 Å². The van der Waals surface area contributed by atoms with Crippen LogP contribution in [0.25, 0.3) is 0 Å². The first-order chi connectivity index (χ1) is 7.81. The fourth-order valence-electron chi connectivity index (χ4n) is 1.94. The molecule has 0 radical (unpaired) electrons. The fraction of sp³-hybridized carbons (Fsp3) is 0.375. The summed E-state index contributed by atoms with van der Waals surface area (Å²) in [7, 11) is 0. The molecule has 0 aromatic heterocycles. The fourth-order valence-corrected chi connectivity index (χ4v) is 1.94. The second-order valence-corrected chi connectivity index (χ2v) is 4.11. The molecular formula is C16H22. The topological polar surface area (TPSA) is 0 Å². The molecule has 1 aromatic rings. The summed E-state index contributed by atoms with van der Waals surface area (Å²) in [6.07, 6.45) is 9.45. The standard InChI is InChI=1S/C16H22/c1-4-7-9-14-11-12-15(6-3)16(13-14)10-8-5-2/h4-5,11-13H,1-2,6-10H2,3H3. The Morgan fingerprint density at radius 3 is 2.31 bits per heavy atom. The van der Waals surface area contributed by atoms with Crippen LogP contribution in [-0.2, 0) is 19.3 Å². The van der Waals surface area contributed by atoms with Gasteiger partial charge in [-0.15, -0.1) is 13.2 Å². The van der Waals surface area contributed by atoms with Gasteiger partial charge in [0.25, 0.3) is 0 Å². The van der Waals surface area contributed by atoms with Crippen LogP contribution in [0, 0.1) is 0 Å². The zero-order valence-corrected chi connectivity index (χ0v) is 10.3. The predicted octanol–water partition coefficient (Wildman–Crippen LogP) is 4.49. The Hall–Kier alpha value is -1.30. The van der Waals surface area contributed by atoms with E-state index in [4.69, 9.17) is 0 Å². The minimum Gasteiger partial charge on any atom is -0.103 e. The van der Waals surface area contributed by atoms with Gasteiger partial charge in [0.2, 0.25) is 0 Å². The zero-order valence-electron chi connectivity index (χ0n) is 10.3. The third-order valence-electron chi connectivity index (χ3n) is 2.91. The molecular weight excluding hydrogens is 192 g/mol. The average molecular weight is 214 g/mol. The van der Waals surface area contributed by atoms with Crippen molar-refractivity contribution in [1.29, 1.82) is 0 Å². The molecule has 0 unspecified atom stereocenters. The Morgan fingerprint density at radius 2 is 1.69 bits per heavy atom. The minimum atomic E-state index is 1.06. The van der Waals surface area contributed by atoms with E-state index >= 15 is 0 Å². The van der Waals surface area contributed by atoms with E-state index in [1.54, 1.807) is 0 Å². The van der Waals surface area contributed by atoms with Gasteiger partial charge in [0, 0.05) is 0 Å². The van der Waals surface area contributed by atoms with Gasteiger partial charge in [0.1, 0.15) is 0 Å². The van der Waals surface area contributed by atoms with Crippen molar-refractivity contribution in [2.45, 2.75) is 39.0 Å². The first-order valence-electron chi connectivity index (χ1n) is 6.14. The third kappa shape index (κ3) is 3.69. The Morgan fingerprint density at radius 1 is 1.00 bits per heavy atom. The number of aryl methyl sites for hydroxylation is 3. The molecule has 0 bridgehead atoms. The van der Waals surface area contributed by atoms with Crippen LogP contribution >= 0.6 is 0 Å². The lowest BCUT2D eigenvalue weighted by Crippen LogP contribution is -1.95. The second kappa shape index (κ2) is 7.05. The summed E-state index contributed by atoms with van der Waals surface area (Å²) in [5.41, 5.74) is 4.39. The molecule has 86 valence electrons. The smallest absolute Gasteiger partial charge is 0.0241 e. The maximum absolute atomic E-state index is 3.79. The number of allylic oxidation sites excluding steroid dienone is 2. The second-order valence-electron chi connectivity index (χ2n) is 4.11. The molecule has 0 aliphatic heterocycles. The van der Waals surface area contributed by atoms with Crippen LogP contribution < -0.4 is 0 Å². The molecule has 1 aromatic carbocycles.